The molecular formula is C14H22N2O3. The standard InChI is InChI=1S/C14H22N2O3/c1-11-5-7-16(13(11)10-17)14(18)12-4-3-6-15(12)8-9-19-2/h3-4,6,11,13,17H,5,7-10H2,1-2H3. The lowest BCUT2D eigenvalue weighted by Crippen LogP contribution is -2.40. The van der Waals surface area contributed by atoms with Crippen LogP contribution in [0.1, 0.15) is 23.8 Å². The van der Waals surface area contributed by atoms with Crippen molar-refractivity contribution >= 4 is 5.91 Å². The third kappa shape index (κ3) is 2.82. The molecule has 19 heavy (non-hydrogen) atoms. The van der Waals surface area contributed by atoms with E-state index in [1.54, 1.807) is 12.0 Å². The van der Waals surface area contributed by atoms with Crippen LogP contribution in [0.2, 0.25) is 0 Å². The summed E-state index contributed by atoms with van der Waals surface area (Å²) in [5.41, 5.74) is 0.671. The number of aliphatic hydroxyl groups excluding tert-OH is 1. The summed E-state index contributed by atoms with van der Waals surface area (Å²) in [6.45, 7) is 4.08. The first kappa shape index (κ1) is 14.1. The summed E-state index contributed by atoms with van der Waals surface area (Å²) in [5.74, 6) is 0.362. The van der Waals surface area contributed by atoms with E-state index in [4.69, 9.17) is 4.74 Å². The number of amides is 1. The fraction of sp³-hybridized carbons (Fsp3) is 0.643. The SMILES string of the molecule is COCCn1cccc1C(=O)N1CCC(C)C1CO. The van der Waals surface area contributed by atoms with E-state index in [9.17, 15) is 9.90 Å². The monoisotopic (exact) mass is 266 g/mol. The lowest BCUT2D eigenvalue weighted by atomic mass is 10.0. The van der Waals surface area contributed by atoms with E-state index in [0.717, 1.165) is 13.0 Å². The topological polar surface area (TPSA) is 54.7 Å². The Bertz CT molecular complexity index is 430. The molecule has 2 atom stereocenters. The van der Waals surface area contributed by atoms with Crippen molar-refractivity contribution in [3.05, 3.63) is 24.0 Å². The smallest absolute Gasteiger partial charge is 0.270 e. The van der Waals surface area contributed by atoms with Crippen LogP contribution in [0.25, 0.3) is 0 Å². The molecule has 5 heteroatoms. The molecule has 2 rings (SSSR count). The van der Waals surface area contributed by atoms with Crippen molar-refractivity contribution in [2.45, 2.75) is 25.9 Å². The number of methoxy groups -OCH3 is 1. The fourth-order valence-corrected chi connectivity index (χ4v) is 2.68. The Hall–Kier alpha value is -1.33. The minimum Gasteiger partial charge on any atom is -0.394 e. The Labute approximate surface area is 113 Å². The van der Waals surface area contributed by atoms with Gasteiger partial charge in [-0.15, -0.1) is 0 Å². The van der Waals surface area contributed by atoms with Crippen LogP contribution in [0.15, 0.2) is 18.3 Å². The first-order chi connectivity index (χ1) is 9.19. The van der Waals surface area contributed by atoms with Crippen molar-refractivity contribution in [2.75, 3.05) is 26.9 Å². The maximum Gasteiger partial charge on any atom is 0.270 e. The lowest BCUT2D eigenvalue weighted by molar-refractivity contribution is 0.0635. The highest BCUT2D eigenvalue weighted by molar-refractivity contribution is 5.93. The second kappa shape index (κ2) is 6.21. The lowest BCUT2D eigenvalue weighted by Gasteiger charge is -2.25. The second-order valence-electron chi connectivity index (χ2n) is 5.09. The van der Waals surface area contributed by atoms with E-state index < -0.39 is 0 Å². The van der Waals surface area contributed by atoms with Crippen LogP contribution in [-0.2, 0) is 11.3 Å². The van der Waals surface area contributed by atoms with Crippen molar-refractivity contribution in [1.82, 2.24) is 9.47 Å². The molecule has 5 nitrogen and oxygen atoms in total. The van der Waals surface area contributed by atoms with Crippen LogP contribution in [0.5, 0.6) is 0 Å². The summed E-state index contributed by atoms with van der Waals surface area (Å²) >= 11 is 0. The summed E-state index contributed by atoms with van der Waals surface area (Å²) in [4.78, 5) is 14.4. The van der Waals surface area contributed by atoms with Gasteiger partial charge in [0.2, 0.25) is 0 Å². The number of ether oxygens (including phenoxy) is 1. The van der Waals surface area contributed by atoms with Gasteiger partial charge in [-0.3, -0.25) is 4.79 Å². The Morgan fingerprint density at radius 2 is 2.37 bits per heavy atom. The van der Waals surface area contributed by atoms with Gasteiger partial charge in [0.25, 0.3) is 5.91 Å². The molecule has 1 amide bonds. The number of likely N-dealkylation sites (tertiary alicyclic amines) is 1. The zero-order valence-electron chi connectivity index (χ0n) is 11.6. The molecule has 1 aromatic heterocycles. The maximum atomic E-state index is 12.6. The van der Waals surface area contributed by atoms with E-state index in [1.165, 1.54) is 0 Å². The highest BCUT2D eigenvalue weighted by atomic mass is 16.5. The summed E-state index contributed by atoms with van der Waals surface area (Å²) in [5, 5.41) is 9.44. The van der Waals surface area contributed by atoms with Crippen LogP contribution in [0, 0.1) is 5.92 Å². The molecule has 0 spiro atoms. The zero-order valence-corrected chi connectivity index (χ0v) is 11.6. The molecule has 1 aliphatic rings. The van der Waals surface area contributed by atoms with Gasteiger partial charge in [0.1, 0.15) is 5.69 Å². The minimum atomic E-state index is -0.0572. The minimum absolute atomic E-state index is 0.00417. The van der Waals surface area contributed by atoms with E-state index in [1.807, 2.05) is 22.9 Å². The molecule has 1 N–H and O–H groups in total. The summed E-state index contributed by atoms with van der Waals surface area (Å²) in [6.07, 6.45) is 2.84. The van der Waals surface area contributed by atoms with Gasteiger partial charge in [-0.05, 0) is 24.5 Å². The number of aromatic nitrogens is 1. The molecule has 1 aromatic rings. The largest absolute Gasteiger partial charge is 0.394 e. The van der Waals surface area contributed by atoms with Gasteiger partial charge in [-0.25, -0.2) is 0 Å². The Morgan fingerprint density at radius 1 is 1.58 bits per heavy atom. The van der Waals surface area contributed by atoms with Gasteiger partial charge in [0.05, 0.1) is 19.3 Å². The second-order valence-corrected chi connectivity index (χ2v) is 5.09. The van der Waals surface area contributed by atoms with Crippen molar-refractivity contribution in [3.8, 4) is 0 Å². The number of carbonyl (C=O) groups is 1. The molecule has 2 heterocycles. The van der Waals surface area contributed by atoms with Crippen molar-refractivity contribution in [3.63, 3.8) is 0 Å². The zero-order chi connectivity index (χ0) is 13.8. The quantitative estimate of drug-likeness (QED) is 0.864. The molecule has 0 aromatic carbocycles. The van der Waals surface area contributed by atoms with Gasteiger partial charge in [0, 0.05) is 26.4 Å². The van der Waals surface area contributed by atoms with Crippen molar-refractivity contribution < 1.29 is 14.6 Å². The number of hydrogen-bond acceptors (Lipinski definition) is 3. The van der Waals surface area contributed by atoms with E-state index in [0.29, 0.717) is 24.8 Å². The van der Waals surface area contributed by atoms with Gasteiger partial charge < -0.3 is 19.3 Å². The predicted molar refractivity (Wildman–Crippen MR) is 72.0 cm³/mol. The average molecular weight is 266 g/mol. The van der Waals surface area contributed by atoms with Gasteiger partial charge in [-0.2, -0.15) is 0 Å². The molecule has 1 fully saturated rings. The Morgan fingerprint density at radius 3 is 3.05 bits per heavy atom. The first-order valence-corrected chi connectivity index (χ1v) is 6.75. The van der Waals surface area contributed by atoms with Gasteiger partial charge in [-0.1, -0.05) is 6.92 Å². The van der Waals surface area contributed by atoms with Crippen LogP contribution < -0.4 is 0 Å². The van der Waals surface area contributed by atoms with Crippen LogP contribution in [0.3, 0.4) is 0 Å². The molecule has 0 bridgehead atoms. The number of nitrogens with zero attached hydrogens (tertiary/aromatic N) is 2. The van der Waals surface area contributed by atoms with Crippen molar-refractivity contribution in [1.29, 1.82) is 0 Å². The fourth-order valence-electron chi connectivity index (χ4n) is 2.68. The Kier molecular flexibility index (Phi) is 4.61. The molecule has 2 unspecified atom stereocenters. The van der Waals surface area contributed by atoms with E-state index in [-0.39, 0.29) is 18.6 Å². The highest BCUT2D eigenvalue weighted by Crippen LogP contribution is 2.25. The van der Waals surface area contributed by atoms with Crippen LogP contribution in [0.4, 0.5) is 0 Å². The summed E-state index contributed by atoms with van der Waals surface area (Å²) in [6, 6.07) is 3.64. The number of carbonyl (C=O) groups excluding carboxylic acids is 1. The van der Waals surface area contributed by atoms with Gasteiger partial charge in [0.15, 0.2) is 0 Å². The molecule has 0 saturated carbocycles. The molecule has 1 aliphatic heterocycles. The van der Waals surface area contributed by atoms with Gasteiger partial charge >= 0.3 is 0 Å². The third-order valence-corrected chi connectivity index (χ3v) is 3.92. The van der Waals surface area contributed by atoms with Crippen LogP contribution >= 0.6 is 0 Å². The Balaban J connectivity index is 2.13. The molecule has 0 aliphatic carbocycles. The molecule has 106 valence electrons. The number of rotatable bonds is 5. The normalized spacial score (nSPS) is 23.0. The maximum absolute atomic E-state index is 12.6. The predicted octanol–water partition coefficient (Wildman–Crippen LogP) is 0.977. The molecule has 0 radical (unpaired) electrons. The van der Waals surface area contributed by atoms with Crippen LogP contribution in [-0.4, -0.2) is 53.4 Å². The molecule has 1 saturated heterocycles. The molecular weight excluding hydrogens is 244 g/mol. The highest BCUT2D eigenvalue weighted by Gasteiger charge is 2.35. The average Bonchev–Trinajstić information content (AvgIpc) is 3.01. The van der Waals surface area contributed by atoms with E-state index in [2.05, 4.69) is 6.92 Å². The van der Waals surface area contributed by atoms with E-state index >= 15 is 0 Å². The first-order valence-electron chi connectivity index (χ1n) is 6.75. The third-order valence-electron chi connectivity index (χ3n) is 3.92. The summed E-state index contributed by atoms with van der Waals surface area (Å²) < 4.78 is 6.95. The summed E-state index contributed by atoms with van der Waals surface area (Å²) in [7, 11) is 1.65. The van der Waals surface area contributed by atoms with Crippen molar-refractivity contribution in [2.24, 2.45) is 5.92 Å². The number of hydrogen-bond donors (Lipinski definition) is 1. The number of aliphatic hydroxyl groups is 1.